The van der Waals surface area contributed by atoms with Gasteiger partial charge in [0, 0.05) is 23.5 Å². The van der Waals surface area contributed by atoms with Crippen molar-refractivity contribution in [2.24, 2.45) is 5.73 Å². The summed E-state index contributed by atoms with van der Waals surface area (Å²) in [4.78, 5) is 27.7. The van der Waals surface area contributed by atoms with Crippen molar-refractivity contribution in [3.63, 3.8) is 0 Å². The topological polar surface area (TPSA) is 145 Å². The van der Waals surface area contributed by atoms with E-state index in [9.17, 15) is 10.1 Å². The van der Waals surface area contributed by atoms with Gasteiger partial charge in [-0.1, -0.05) is 13.0 Å². The number of nitrogens with one attached hydrogen (secondary N) is 2. The van der Waals surface area contributed by atoms with Gasteiger partial charge in [-0.2, -0.15) is 5.26 Å². The summed E-state index contributed by atoms with van der Waals surface area (Å²) >= 11 is 1.35. The van der Waals surface area contributed by atoms with Gasteiger partial charge in [0.25, 0.3) is 0 Å². The zero-order valence-corrected chi connectivity index (χ0v) is 17.3. The lowest BCUT2D eigenvalue weighted by Gasteiger charge is -2.36. The monoisotopic (exact) mass is 430 g/mol. The van der Waals surface area contributed by atoms with Crippen LogP contribution in [0.5, 0.6) is 0 Å². The molecule has 10 heteroatoms. The lowest BCUT2D eigenvalue weighted by atomic mass is 10.1. The third-order valence-corrected chi connectivity index (χ3v) is 5.65. The summed E-state index contributed by atoms with van der Waals surface area (Å²) in [5, 5.41) is 22.4. The number of allylic oxidation sites excluding steroid dienone is 1. The van der Waals surface area contributed by atoms with E-state index in [4.69, 9.17) is 11.1 Å². The normalized spacial score (nSPS) is 16.1. The van der Waals surface area contributed by atoms with Crippen LogP contribution in [0.25, 0.3) is 11.3 Å². The van der Waals surface area contributed by atoms with Crippen molar-refractivity contribution in [1.82, 2.24) is 15.0 Å². The number of thiazole rings is 1. The summed E-state index contributed by atoms with van der Waals surface area (Å²) in [7, 11) is 0. The molecule has 1 unspecified atom stereocenters. The molecule has 3 heterocycles. The maximum absolute atomic E-state index is 12.7. The Morgan fingerprint density at radius 3 is 2.97 bits per heavy atom. The Bertz CT molecular complexity index is 1230. The Labute approximate surface area is 182 Å². The van der Waals surface area contributed by atoms with Gasteiger partial charge in [0.05, 0.1) is 29.1 Å². The van der Waals surface area contributed by atoms with E-state index in [-0.39, 0.29) is 11.7 Å². The minimum absolute atomic E-state index is 0.182. The van der Waals surface area contributed by atoms with E-state index in [0.717, 1.165) is 6.21 Å². The van der Waals surface area contributed by atoms with Crippen molar-refractivity contribution in [2.75, 3.05) is 10.2 Å². The Hall–Kier alpha value is -4.10. The van der Waals surface area contributed by atoms with Gasteiger partial charge in [0.1, 0.15) is 16.7 Å². The van der Waals surface area contributed by atoms with Gasteiger partial charge in [-0.25, -0.2) is 15.0 Å². The van der Waals surface area contributed by atoms with E-state index in [0.29, 0.717) is 45.5 Å². The number of benzene rings is 1. The number of aromatic nitrogens is 3. The number of carbonyl (C=O) groups is 1. The first-order chi connectivity index (χ1) is 15.1. The Morgan fingerprint density at radius 1 is 1.45 bits per heavy atom. The molecule has 1 aliphatic heterocycles. The van der Waals surface area contributed by atoms with Crippen LogP contribution >= 0.6 is 11.3 Å². The standard InChI is InChI=1S/C21H18N8OS/c1-2-16-20(30)27-15-11-26-18(14(10-23)17(24)21-25-6-7-31-21)28-19(15)29(16)13-5-3-4-12(8-13)9-22/h3-8,10-11,16,23H,2,24H2,1H3,(H,27,30)/b17-14+,23-10?. The minimum atomic E-state index is -0.520. The third-order valence-electron chi connectivity index (χ3n) is 4.85. The second kappa shape index (κ2) is 8.33. The first-order valence-corrected chi connectivity index (χ1v) is 10.3. The average molecular weight is 430 g/mol. The van der Waals surface area contributed by atoms with Gasteiger partial charge in [0.15, 0.2) is 11.6 Å². The highest BCUT2D eigenvalue weighted by molar-refractivity contribution is 7.10. The van der Waals surface area contributed by atoms with Crippen molar-refractivity contribution in [1.29, 1.82) is 10.7 Å². The number of nitrogens with two attached hydrogens (primary N) is 1. The molecule has 0 fully saturated rings. The number of nitrogens with zero attached hydrogens (tertiary/aromatic N) is 5. The summed E-state index contributed by atoms with van der Waals surface area (Å²) in [5.41, 5.74) is 8.45. The third kappa shape index (κ3) is 3.62. The van der Waals surface area contributed by atoms with Crippen molar-refractivity contribution >= 4 is 51.9 Å². The number of carbonyl (C=O) groups excluding carboxylic acids is 1. The molecule has 9 nitrogen and oxygen atoms in total. The molecule has 2 aromatic heterocycles. The van der Waals surface area contributed by atoms with E-state index < -0.39 is 6.04 Å². The van der Waals surface area contributed by atoms with Crippen LogP contribution in [0.2, 0.25) is 0 Å². The molecule has 154 valence electrons. The molecule has 0 spiro atoms. The maximum atomic E-state index is 12.7. The molecule has 0 radical (unpaired) electrons. The molecule has 0 aliphatic carbocycles. The van der Waals surface area contributed by atoms with E-state index in [1.54, 1.807) is 34.7 Å². The molecule has 31 heavy (non-hydrogen) atoms. The predicted octanol–water partition coefficient (Wildman–Crippen LogP) is 3.15. The molecule has 1 atom stereocenters. The van der Waals surface area contributed by atoms with Gasteiger partial charge in [-0.05, 0) is 24.6 Å². The summed E-state index contributed by atoms with van der Waals surface area (Å²) in [5.74, 6) is 0.533. The van der Waals surface area contributed by atoms with E-state index in [1.807, 2.05) is 13.0 Å². The molecule has 3 aromatic rings. The number of amides is 1. The molecule has 4 N–H and O–H groups in total. The smallest absolute Gasteiger partial charge is 0.247 e. The Morgan fingerprint density at radius 2 is 2.29 bits per heavy atom. The van der Waals surface area contributed by atoms with Crippen LogP contribution in [0, 0.1) is 16.7 Å². The lowest BCUT2D eigenvalue weighted by molar-refractivity contribution is -0.117. The molecule has 0 saturated heterocycles. The van der Waals surface area contributed by atoms with Crippen molar-refractivity contribution in [3.05, 3.63) is 58.4 Å². The fraction of sp³-hybridized carbons (Fsp3) is 0.143. The number of nitriles is 1. The number of fused-ring (bicyclic) bond motifs is 1. The van der Waals surface area contributed by atoms with Crippen molar-refractivity contribution in [3.8, 4) is 6.07 Å². The fourth-order valence-corrected chi connectivity index (χ4v) is 3.99. The summed E-state index contributed by atoms with van der Waals surface area (Å²) in [6.07, 6.45) is 4.75. The molecular formula is C21H18N8OS. The summed E-state index contributed by atoms with van der Waals surface area (Å²) in [6, 6.07) is 8.60. The zero-order valence-electron chi connectivity index (χ0n) is 16.5. The fourth-order valence-electron chi connectivity index (χ4n) is 3.39. The molecule has 0 bridgehead atoms. The minimum Gasteiger partial charge on any atom is -0.396 e. The highest BCUT2D eigenvalue weighted by Gasteiger charge is 2.35. The van der Waals surface area contributed by atoms with Gasteiger partial charge in [-0.15, -0.1) is 11.3 Å². The van der Waals surface area contributed by atoms with Crippen LogP contribution in [-0.2, 0) is 4.79 Å². The Balaban J connectivity index is 1.90. The van der Waals surface area contributed by atoms with Crippen molar-refractivity contribution in [2.45, 2.75) is 19.4 Å². The molecule has 1 aliphatic rings. The number of hydrogen-bond donors (Lipinski definition) is 3. The van der Waals surface area contributed by atoms with Crippen LogP contribution < -0.4 is 16.0 Å². The lowest BCUT2D eigenvalue weighted by Crippen LogP contribution is -2.45. The van der Waals surface area contributed by atoms with E-state index in [2.05, 4.69) is 26.3 Å². The molecule has 1 aromatic carbocycles. The van der Waals surface area contributed by atoms with E-state index in [1.165, 1.54) is 17.5 Å². The quantitative estimate of drug-likeness (QED) is 0.527. The molecular weight excluding hydrogens is 412 g/mol. The average Bonchev–Trinajstić information content (AvgIpc) is 3.34. The van der Waals surface area contributed by atoms with E-state index >= 15 is 0 Å². The zero-order chi connectivity index (χ0) is 22.0. The van der Waals surface area contributed by atoms with Gasteiger partial charge >= 0.3 is 0 Å². The van der Waals surface area contributed by atoms with Gasteiger partial charge < -0.3 is 21.4 Å². The van der Waals surface area contributed by atoms with Crippen LogP contribution in [-0.4, -0.2) is 33.1 Å². The highest BCUT2D eigenvalue weighted by atomic mass is 32.1. The Kier molecular flexibility index (Phi) is 5.43. The number of hydrogen-bond acceptors (Lipinski definition) is 9. The summed E-state index contributed by atoms with van der Waals surface area (Å²) in [6.45, 7) is 1.90. The highest BCUT2D eigenvalue weighted by Crippen LogP contribution is 2.38. The number of anilines is 3. The molecule has 1 amide bonds. The first-order valence-electron chi connectivity index (χ1n) is 9.45. The largest absolute Gasteiger partial charge is 0.396 e. The van der Waals surface area contributed by atoms with Crippen molar-refractivity contribution < 1.29 is 4.79 Å². The van der Waals surface area contributed by atoms with Crippen LogP contribution in [0.4, 0.5) is 17.2 Å². The van der Waals surface area contributed by atoms with Crippen LogP contribution in [0.1, 0.15) is 29.7 Å². The second-order valence-electron chi connectivity index (χ2n) is 6.69. The molecule has 0 saturated carbocycles. The van der Waals surface area contributed by atoms with Gasteiger partial charge in [-0.3, -0.25) is 4.79 Å². The first kappa shape index (κ1) is 20.2. The SMILES string of the molecule is CCC1C(=O)Nc2cnc(/C(C=N)=C(/N)c3nccs3)nc2N1c1cccc(C#N)c1. The van der Waals surface area contributed by atoms with Crippen LogP contribution in [0.15, 0.2) is 42.0 Å². The summed E-state index contributed by atoms with van der Waals surface area (Å²) < 4.78 is 0. The van der Waals surface area contributed by atoms with Crippen LogP contribution in [0.3, 0.4) is 0 Å². The predicted molar refractivity (Wildman–Crippen MR) is 120 cm³/mol. The van der Waals surface area contributed by atoms with Gasteiger partial charge in [0.2, 0.25) is 5.91 Å². The maximum Gasteiger partial charge on any atom is 0.247 e. The molecule has 4 rings (SSSR count). The second-order valence-corrected chi connectivity index (χ2v) is 7.58. The number of rotatable bonds is 5.